The molecular weight excluding hydrogens is 218 g/mol. The smallest absolute Gasteiger partial charge is 0.415 e. The van der Waals surface area contributed by atoms with Crippen molar-refractivity contribution in [2.24, 2.45) is 5.92 Å². The van der Waals surface area contributed by atoms with Crippen molar-refractivity contribution in [2.75, 3.05) is 0 Å². The molecule has 0 fully saturated rings. The number of carbonyl (C=O) groups excluding carboxylic acids is 1. The van der Waals surface area contributed by atoms with Crippen molar-refractivity contribution in [1.82, 2.24) is 4.90 Å². The number of aliphatic hydroxyl groups excluding tert-OH is 1. The van der Waals surface area contributed by atoms with Gasteiger partial charge in [-0.3, -0.25) is 0 Å². The lowest BCUT2D eigenvalue weighted by atomic mass is 10.1. The van der Waals surface area contributed by atoms with Gasteiger partial charge in [-0.1, -0.05) is 6.92 Å². The molecule has 0 saturated carbocycles. The summed E-state index contributed by atoms with van der Waals surface area (Å²) in [5.41, 5.74) is 0. The molecule has 0 rings (SSSR count). The van der Waals surface area contributed by atoms with E-state index >= 15 is 0 Å². The number of hydrogen-bond donors (Lipinski definition) is 1. The van der Waals surface area contributed by atoms with Gasteiger partial charge in [-0.15, -0.1) is 0 Å². The Kier molecular flexibility index (Phi) is 6.88. The number of rotatable bonds is 5. The number of amides is 1. The van der Waals surface area contributed by atoms with Crippen LogP contribution >= 0.6 is 0 Å². The maximum Gasteiger partial charge on any atom is 0.415 e. The molecule has 4 heteroatoms. The van der Waals surface area contributed by atoms with Gasteiger partial charge >= 0.3 is 6.09 Å². The van der Waals surface area contributed by atoms with Crippen LogP contribution in [0.5, 0.6) is 0 Å². The van der Waals surface area contributed by atoms with E-state index < -0.39 is 6.10 Å². The highest BCUT2D eigenvalue weighted by Gasteiger charge is 2.20. The summed E-state index contributed by atoms with van der Waals surface area (Å²) < 4.78 is 5.04. The van der Waals surface area contributed by atoms with Gasteiger partial charge in [0.25, 0.3) is 0 Å². The number of aliphatic hydroxyl groups is 1. The first-order chi connectivity index (χ1) is 7.77. The van der Waals surface area contributed by atoms with E-state index in [0.717, 1.165) is 0 Å². The Hall–Kier alpha value is -1.03. The Morgan fingerprint density at radius 3 is 1.94 bits per heavy atom. The largest absolute Gasteiger partial charge is 0.418 e. The average molecular weight is 243 g/mol. The van der Waals surface area contributed by atoms with Crippen LogP contribution in [0.3, 0.4) is 0 Å². The lowest BCUT2D eigenvalue weighted by Gasteiger charge is -2.28. The summed E-state index contributed by atoms with van der Waals surface area (Å²) in [7, 11) is 0. The van der Waals surface area contributed by atoms with E-state index in [1.807, 2.05) is 34.6 Å². The van der Waals surface area contributed by atoms with E-state index in [4.69, 9.17) is 4.74 Å². The zero-order chi connectivity index (χ0) is 13.6. The summed E-state index contributed by atoms with van der Waals surface area (Å²) in [4.78, 5) is 13.4. The number of nitrogens with zero attached hydrogens (tertiary/aromatic N) is 1. The molecule has 0 bridgehead atoms. The highest BCUT2D eigenvalue weighted by Crippen LogP contribution is 2.09. The molecule has 17 heavy (non-hydrogen) atoms. The molecule has 0 saturated heterocycles. The minimum Gasteiger partial charge on any atom is -0.418 e. The van der Waals surface area contributed by atoms with Crippen molar-refractivity contribution in [2.45, 2.75) is 59.7 Å². The molecule has 2 atom stereocenters. The lowest BCUT2D eigenvalue weighted by molar-refractivity contribution is 0.107. The van der Waals surface area contributed by atoms with E-state index in [0.29, 0.717) is 0 Å². The van der Waals surface area contributed by atoms with Gasteiger partial charge in [-0.05, 0) is 40.7 Å². The minimum absolute atomic E-state index is 0.0330. The van der Waals surface area contributed by atoms with E-state index in [-0.39, 0.29) is 24.1 Å². The Morgan fingerprint density at radius 1 is 1.12 bits per heavy atom. The lowest BCUT2D eigenvalue weighted by Crippen LogP contribution is -2.41. The van der Waals surface area contributed by atoms with Crippen LogP contribution in [0.25, 0.3) is 0 Å². The summed E-state index contributed by atoms with van der Waals surface area (Å²) in [6.45, 7) is 11.3. The van der Waals surface area contributed by atoms with Gasteiger partial charge in [0.2, 0.25) is 0 Å². The first-order valence-corrected chi connectivity index (χ1v) is 6.11. The minimum atomic E-state index is -0.448. The number of carbonyl (C=O) groups is 1. The predicted octanol–water partition coefficient (Wildman–Crippen LogP) is 2.77. The zero-order valence-corrected chi connectivity index (χ0v) is 11.7. The van der Waals surface area contributed by atoms with Crippen LogP contribution in [0, 0.1) is 5.92 Å². The fourth-order valence-electron chi connectivity index (χ4n) is 1.46. The fourth-order valence-corrected chi connectivity index (χ4v) is 1.46. The molecule has 1 N–H and O–H groups in total. The van der Waals surface area contributed by atoms with Crippen LogP contribution in [0.2, 0.25) is 0 Å². The second-order valence-electron chi connectivity index (χ2n) is 4.91. The van der Waals surface area contributed by atoms with Crippen molar-refractivity contribution >= 4 is 6.09 Å². The first-order valence-electron chi connectivity index (χ1n) is 6.11. The van der Waals surface area contributed by atoms with E-state index in [9.17, 15) is 9.90 Å². The highest BCUT2D eigenvalue weighted by molar-refractivity contribution is 5.68. The van der Waals surface area contributed by atoms with Crippen molar-refractivity contribution in [3.8, 4) is 0 Å². The second-order valence-corrected chi connectivity index (χ2v) is 4.91. The topological polar surface area (TPSA) is 49.8 Å². The van der Waals surface area contributed by atoms with Crippen molar-refractivity contribution < 1.29 is 14.6 Å². The van der Waals surface area contributed by atoms with E-state index in [1.54, 1.807) is 17.9 Å². The van der Waals surface area contributed by atoms with Crippen molar-refractivity contribution in [3.63, 3.8) is 0 Å². The zero-order valence-electron chi connectivity index (χ0n) is 11.7. The molecular formula is C13H25NO3. The second kappa shape index (κ2) is 7.33. The Labute approximate surface area is 104 Å². The van der Waals surface area contributed by atoms with Gasteiger partial charge in [0.1, 0.15) is 0 Å². The van der Waals surface area contributed by atoms with E-state index in [2.05, 4.69) is 0 Å². The first kappa shape index (κ1) is 16.0. The molecule has 0 unspecified atom stereocenters. The molecule has 4 nitrogen and oxygen atoms in total. The molecule has 0 aromatic rings. The van der Waals surface area contributed by atoms with Crippen LogP contribution in [-0.4, -0.2) is 34.3 Å². The summed E-state index contributed by atoms with van der Waals surface area (Å²) in [5.74, 6) is -0.0330. The number of ether oxygens (including phenoxy) is 1. The average Bonchev–Trinajstić information content (AvgIpc) is 2.15. The van der Waals surface area contributed by atoms with Crippen LogP contribution < -0.4 is 0 Å². The Morgan fingerprint density at radius 2 is 1.59 bits per heavy atom. The van der Waals surface area contributed by atoms with Gasteiger partial charge in [-0.25, -0.2) is 4.79 Å². The van der Waals surface area contributed by atoms with Gasteiger partial charge < -0.3 is 14.7 Å². The molecule has 0 radical (unpaired) electrons. The van der Waals surface area contributed by atoms with Crippen LogP contribution in [0.4, 0.5) is 4.79 Å². The summed E-state index contributed by atoms with van der Waals surface area (Å²) >= 11 is 0. The third-order valence-electron chi connectivity index (χ3n) is 2.64. The Balaban J connectivity index is 4.34. The summed E-state index contributed by atoms with van der Waals surface area (Å²) in [5, 5.41) is 9.27. The monoisotopic (exact) mass is 243 g/mol. The van der Waals surface area contributed by atoms with Crippen LogP contribution in [-0.2, 0) is 4.74 Å². The van der Waals surface area contributed by atoms with Crippen LogP contribution in [0.1, 0.15) is 41.5 Å². The molecule has 0 aliphatic carbocycles. The van der Waals surface area contributed by atoms with Crippen LogP contribution in [0.15, 0.2) is 12.3 Å². The Bertz CT molecular complexity index is 251. The third-order valence-corrected chi connectivity index (χ3v) is 2.64. The third kappa shape index (κ3) is 5.73. The summed E-state index contributed by atoms with van der Waals surface area (Å²) in [6, 6.07) is 0.204. The standard InChI is InChI=1S/C13H25NO3/c1-9(2)14(10(3)4)13(16)17-8-7-11(5)12(6)15/h7-12,15H,1-6H3/b8-7+/t11-,12-/m1/s1. The maximum absolute atomic E-state index is 11.8. The maximum atomic E-state index is 11.8. The normalized spacial score (nSPS) is 15.4. The molecule has 100 valence electrons. The number of hydrogen-bond acceptors (Lipinski definition) is 3. The quantitative estimate of drug-likeness (QED) is 0.755. The van der Waals surface area contributed by atoms with Crippen molar-refractivity contribution in [1.29, 1.82) is 0 Å². The van der Waals surface area contributed by atoms with Crippen molar-refractivity contribution in [3.05, 3.63) is 12.3 Å². The van der Waals surface area contributed by atoms with Gasteiger partial charge in [-0.2, -0.15) is 0 Å². The van der Waals surface area contributed by atoms with Gasteiger partial charge in [0.15, 0.2) is 0 Å². The molecule has 0 spiro atoms. The fraction of sp³-hybridized carbons (Fsp3) is 0.769. The molecule has 0 aromatic carbocycles. The molecule has 0 heterocycles. The van der Waals surface area contributed by atoms with Gasteiger partial charge in [0, 0.05) is 18.0 Å². The van der Waals surface area contributed by atoms with E-state index in [1.165, 1.54) is 6.26 Å². The molecule has 0 aromatic heterocycles. The summed E-state index contributed by atoms with van der Waals surface area (Å²) in [6.07, 6.45) is 2.24. The SMILES string of the molecule is CC(C)N(C(=O)O/C=C/[C@@H](C)[C@@H](C)O)C(C)C. The molecule has 0 aliphatic heterocycles. The molecule has 1 amide bonds. The molecule has 0 aliphatic rings. The predicted molar refractivity (Wildman–Crippen MR) is 68.6 cm³/mol. The highest BCUT2D eigenvalue weighted by atomic mass is 16.5. The van der Waals surface area contributed by atoms with Gasteiger partial charge in [0.05, 0.1) is 12.4 Å².